The summed E-state index contributed by atoms with van der Waals surface area (Å²) in [5.74, 6) is 2.11. The van der Waals surface area contributed by atoms with Crippen molar-refractivity contribution in [2.24, 2.45) is 11.8 Å². The number of carbonyl (C=O) groups is 1. The van der Waals surface area contributed by atoms with Crippen LogP contribution in [0.1, 0.15) is 40.6 Å². The van der Waals surface area contributed by atoms with Crippen molar-refractivity contribution in [3.05, 3.63) is 89.9 Å². The molecule has 2 aromatic carbocycles. The Kier molecular flexibility index (Phi) is 8.24. The summed E-state index contributed by atoms with van der Waals surface area (Å²) in [6, 6.07) is 22.8. The molecule has 7 nitrogen and oxygen atoms in total. The number of carbonyl (C=O) groups excluding carboxylic acids is 1. The Labute approximate surface area is 219 Å². The topological polar surface area (TPSA) is 70.0 Å². The molecule has 7 heteroatoms. The van der Waals surface area contributed by atoms with Crippen LogP contribution in [0.3, 0.4) is 0 Å². The lowest BCUT2D eigenvalue weighted by Gasteiger charge is -2.40. The number of hydrogen-bond acceptors (Lipinski definition) is 6. The molecule has 0 radical (unpaired) electrons. The number of rotatable bonds is 9. The number of nitrogens with one attached hydrogen (secondary N) is 2. The fourth-order valence-electron chi connectivity index (χ4n) is 5.96. The third-order valence-corrected chi connectivity index (χ3v) is 8.05. The van der Waals surface area contributed by atoms with Gasteiger partial charge >= 0.3 is 0 Å². The number of amides is 1. The van der Waals surface area contributed by atoms with Gasteiger partial charge in [0.15, 0.2) is 5.76 Å². The molecule has 5 rings (SSSR count). The smallest absolute Gasteiger partial charge is 0.289 e. The average Bonchev–Trinajstić information content (AvgIpc) is 3.65. The third-order valence-electron chi connectivity index (χ3n) is 8.05. The van der Waals surface area contributed by atoms with E-state index in [1.54, 1.807) is 25.5 Å². The third kappa shape index (κ3) is 6.06. The molecule has 196 valence electrons. The van der Waals surface area contributed by atoms with Crippen LogP contribution < -0.4 is 15.6 Å². The van der Waals surface area contributed by atoms with Gasteiger partial charge in [0.05, 0.1) is 19.4 Å². The van der Waals surface area contributed by atoms with Crippen molar-refractivity contribution in [1.82, 2.24) is 20.7 Å². The summed E-state index contributed by atoms with van der Waals surface area (Å²) in [6.45, 7) is 4.12. The second-order valence-electron chi connectivity index (χ2n) is 10.3. The van der Waals surface area contributed by atoms with E-state index < -0.39 is 0 Å². The largest absolute Gasteiger partial charge is 0.497 e. The van der Waals surface area contributed by atoms with Gasteiger partial charge in [-0.3, -0.25) is 10.2 Å². The lowest BCUT2D eigenvalue weighted by atomic mass is 9.84. The van der Waals surface area contributed by atoms with E-state index in [4.69, 9.17) is 9.15 Å². The highest BCUT2D eigenvalue weighted by Gasteiger charge is 2.35. The number of hydrogen-bond donors (Lipinski definition) is 2. The van der Waals surface area contributed by atoms with Crippen LogP contribution in [0.5, 0.6) is 5.75 Å². The van der Waals surface area contributed by atoms with Gasteiger partial charge < -0.3 is 19.0 Å². The van der Waals surface area contributed by atoms with E-state index in [9.17, 15) is 4.79 Å². The molecule has 3 atom stereocenters. The zero-order valence-electron chi connectivity index (χ0n) is 21.8. The van der Waals surface area contributed by atoms with E-state index in [0.29, 0.717) is 23.6 Å². The van der Waals surface area contributed by atoms with Gasteiger partial charge in [0.1, 0.15) is 5.75 Å². The molecule has 3 aromatic rings. The number of likely N-dealkylation sites (N-methyl/N-ethyl adjacent to an activating group) is 1. The second kappa shape index (κ2) is 11.9. The Bertz CT molecular complexity index is 1130. The molecular weight excluding hydrogens is 464 g/mol. The van der Waals surface area contributed by atoms with Crippen LogP contribution in [0.4, 0.5) is 0 Å². The summed E-state index contributed by atoms with van der Waals surface area (Å²) in [6.07, 6.45) is 4.48. The van der Waals surface area contributed by atoms with E-state index in [-0.39, 0.29) is 11.9 Å². The number of likely N-dealkylation sites (tertiary alicyclic amines) is 1. The SMILES string of the molecule is COc1cccc(CC(C2CCN(CC3CNNC3c3ccccc3)CC2)N(C)C(=O)c2ccco2)c1. The molecule has 2 aliphatic rings. The zero-order chi connectivity index (χ0) is 25.6. The van der Waals surface area contributed by atoms with E-state index >= 15 is 0 Å². The van der Waals surface area contributed by atoms with E-state index in [2.05, 4.69) is 58.2 Å². The van der Waals surface area contributed by atoms with E-state index in [1.807, 2.05) is 24.1 Å². The van der Waals surface area contributed by atoms with Crippen molar-refractivity contribution in [3.63, 3.8) is 0 Å². The lowest BCUT2D eigenvalue weighted by molar-refractivity contribution is 0.0548. The molecule has 37 heavy (non-hydrogen) atoms. The van der Waals surface area contributed by atoms with Gasteiger partial charge in [0.25, 0.3) is 5.91 Å². The maximum absolute atomic E-state index is 13.3. The zero-order valence-corrected chi connectivity index (χ0v) is 21.8. The molecule has 1 aromatic heterocycles. The Morgan fingerprint density at radius 3 is 2.65 bits per heavy atom. The number of piperidine rings is 1. The van der Waals surface area contributed by atoms with Crippen molar-refractivity contribution in [2.45, 2.75) is 31.3 Å². The molecule has 2 aliphatic heterocycles. The van der Waals surface area contributed by atoms with Gasteiger partial charge in [-0.15, -0.1) is 0 Å². The predicted octanol–water partition coefficient (Wildman–Crippen LogP) is 4.15. The van der Waals surface area contributed by atoms with Crippen LogP contribution in [0.15, 0.2) is 77.4 Å². The van der Waals surface area contributed by atoms with Crippen molar-refractivity contribution in [3.8, 4) is 5.75 Å². The van der Waals surface area contributed by atoms with Gasteiger partial charge in [-0.1, -0.05) is 42.5 Å². The minimum atomic E-state index is -0.0610. The van der Waals surface area contributed by atoms with Crippen molar-refractivity contribution >= 4 is 5.91 Å². The summed E-state index contributed by atoms with van der Waals surface area (Å²) in [7, 11) is 3.61. The molecule has 0 bridgehead atoms. The quantitative estimate of drug-likeness (QED) is 0.458. The highest BCUT2D eigenvalue weighted by Crippen LogP contribution is 2.31. The first kappa shape index (κ1) is 25.5. The molecule has 2 fully saturated rings. The summed E-state index contributed by atoms with van der Waals surface area (Å²) >= 11 is 0. The van der Waals surface area contributed by atoms with Crippen LogP contribution >= 0.6 is 0 Å². The highest BCUT2D eigenvalue weighted by molar-refractivity contribution is 5.91. The van der Waals surface area contributed by atoms with Crippen LogP contribution in [-0.4, -0.2) is 62.1 Å². The molecule has 2 saturated heterocycles. The van der Waals surface area contributed by atoms with Crippen molar-refractivity contribution in [1.29, 1.82) is 0 Å². The summed E-state index contributed by atoms with van der Waals surface area (Å²) in [5.41, 5.74) is 9.37. The molecule has 0 spiro atoms. The van der Waals surface area contributed by atoms with Crippen LogP contribution in [0, 0.1) is 11.8 Å². The second-order valence-corrected chi connectivity index (χ2v) is 10.3. The first-order chi connectivity index (χ1) is 18.1. The van der Waals surface area contributed by atoms with Crippen LogP contribution in [0.2, 0.25) is 0 Å². The highest BCUT2D eigenvalue weighted by atomic mass is 16.5. The van der Waals surface area contributed by atoms with E-state index in [0.717, 1.165) is 51.2 Å². The van der Waals surface area contributed by atoms with Gasteiger partial charge in [0.2, 0.25) is 0 Å². The minimum absolute atomic E-state index is 0.0610. The normalized spacial score (nSPS) is 21.6. The summed E-state index contributed by atoms with van der Waals surface area (Å²) in [4.78, 5) is 17.7. The summed E-state index contributed by atoms with van der Waals surface area (Å²) < 4.78 is 10.9. The minimum Gasteiger partial charge on any atom is -0.497 e. The molecular formula is C30H38N4O3. The van der Waals surface area contributed by atoms with Gasteiger partial charge in [0, 0.05) is 32.1 Å². The Hall–Kier alpha value is -3.13. The first-order valence-electron chi connectivity index (χ1n) is 13.3. The predicted molar refractivity (Wildman–Crippen MR) is 144 cm³/mol. The standard InChI is InChI=1S/C30H38N4O3/c1-33(30(35)28-12-7-17-37-28)27(19-22-8-6-11-26(18-22)36-2)23-13-15-34(16-14-23)21-25-20-31-32-29(25)24-9-4-3-5-10-24/h3-12,17-18,23,25,27,29,31-32H,13-16,19-21H2,1-2H3. The fraction of sp³-hybridized carbons (Fsp3) is 0.433. The number of furan rings is 1. The molecule has 2 N–H and O–H groups in total. The number of benzene rings is 2. The Morgan fingerprint density at radius 1 is 1.11 bits per heavy atom. The molecule has 1 amide bonds. The molecule has 0 saturated carbocycles. The van der Waals surface area contributed by atoms with Crippen LogP contribution in [-0.2, 0) is 6.42 Å². The van der Waals surface area contributed by atoms with Crippen molar-refractivity contribution in [2.75, 3.05) is 40.3 Å². The fourth-order valence-corrected chi connectivity index (χ4v) is 5.96. The maximum atomic E-state index is 13.3. The average molecular weight is 503 g/mol. The van der Waals surface area contributed by atoms with Crippen LogP contribution in [0.25, 0.3) is 0 Å². The monoisotopic (exact) mass is 502 g/mol. The van der Waals surface area contributed by atoms with E-state index in [1.165, 1.54) is 11.1 Å². The Morgan fingerprint density at radius 2 is 1.92 bits per heavy atom. The first-order valence-corrected chi connectivity index (χ1v) is 13.3. The summed E-state index contributed by atoms with van der Waals surface area (Å²) in [5, 5.41) is 0. The molecule has 3 unspecified atom stereocenters. The Balaban J connectivity index is 1.25. The number of nitrogens with zero attached hydrogens (tertiary/aromatic N) is 2. The van der Waals surface area contributed by atoms with Crippen molar-refractivity contribution < 1.29 is 13.9 Å². The maximum Gasteiger partial charge on any atom is 0.289 e. The van der Waals surface area contributed by atoms with Gasteiger partial charge in [-0.25, -0.2) is 5.43 Å². The van der Waals surface area contributed by atoms with Gasteiger partial charge in [-0.2, -0.15) is 0 Å². The molecule has 3 heterocycles. The number of methoxy groups -OCH3 is 1. The van der Waals surface area contributed by atoms with Gasteiger partial charge in [-0.05, 0) is 73.7 Å². The molecule has 0 aliphatic carbocycles. The number of hydrazine groups is 1. The lowest BCUT2D eigenvalue weighted by Crippen LogP contribution is -2.48. The number of ether oxygens (including phenoxy) is 1.